The molecule has 0 aliphatic heterocycles. The quantitative estimate of drug-likeness (QED) is 0.665. The highest BCUT2D eigenvalue weighted by molar-refractivity contribution is 5.74. The number of carbonyl (C=O) groups is 1. The zero-order chi connectivity index (χ0) is 14.1. The Labute approximate surface area is 115 Å². The largest absolute Gasteiger partial charge is 0.399 e. The minimum Gasteiger partial charge on any atom is -0.399 e. The van der Waals surface area contributed by atoms with E-state index in [-0.39, 0.29) is 0 Å². The van der Waals surface area contributed by atoms with Gasteiger partial charge < -0.3 is 5.73 Å². The summed E-state index contributed by atoms with van der Waals surface area (Å²) in [6.07, 6.45) is 2.72. The summed E-state index contributed by atoms with van der Waals surface area (Å²) < 4.78 is 0. The molecule has 0 fully saturated rings. The van der Waals surface area contributed by atoms with Crippen LogP contribution in [0.5, 0.6) is 0 Å². The van der Waals surface area contributed by atoms with Gasteiger partial charge in [0.2, 0.25) is 0 Å². The molecule has 0 radical (unpaired) electrons. The first-order valence-electron chi connectivity index (χ1n) is 6.67. The van der Waals surface area contributed by atoms with Crippen LogP contribution < -0.4 is 5.73 Å². The fourth-order valence-corrected chi connectivity index (χ4v) is 1.80. The Hall–Kier alpha value is -2.09. The number of para-hydroxylation sites is 1. The summed E-state index contributed by atoms with van der Waals surface area (Å²) in [5, 5.41) is 0. The number of aryl methyl sites for hydroxylation is 2. The number of rotatable bonds is 4. The summed E-state index contributed by atoms with van der Waals surface area (Å²) in [5.74, 6) is 0. The van der Waals surface area contributed by atoms with Gasteiger partial charge in [0.05, 0.1) is 0 Å². The van der Waals surface area contributed by atoms with Crippen molar-refractivity contribution in [1.29, 1.82) is 0 Å². The van der Waals surface area contributed by atoms with Gasteiger partial charge in [0.25, 0.3) is 0 Å². The van der Waals surface area contributed by atoms with E-state index in [9.17, 15) is 4.79 Å². The molecule has 0 aliphatic carbocycles. The summed E-state index contributed by atoms with van der Waals surface area (Å²) in [7, 11) is 0. The molecule has 0 atom stereocenters. The summed E-state index contributed by atoms with van der Waals surface area (Å²) in [5.41, 5.74) is 9.84. The first-order valence-corrected chi connectivity index (χ1v) is 6.67. The summed E-state index contributed by atoms with van der Waals surface area (Å²) in [6, 6.07) is 15.6. The van der Waals surface area contributed by atoms with Gasteiger partial charge in [0, 0.05) is 11.3 Å². The number of nitrogen functional groups attached to an aromatic ring is 1. The molecule has 0 saturated heterocycles. The van der Waals surface area contributed by atoms with Crippen LogP contribution in [-0.4, -0.2) is 6.29 Å². The van der Waals surface area contributed by atoms with E-state index in [0.717, 1.165) is 24.8 Å². The predicted octanol–water partition coefficient (Wildman–Crippen LogP) is 3.89. The van der Waals surface area contributed by atoms with E-state index in [1.54, 1.807) is 0 Å². The van der Waals surface area contributed by atoms with Gasteiger partial charge >= 0.3 is 0 Å². The number of benzene rings is 2. The number of hydrogen-bond donors (Lipinski definition) is 1. The lowest BCUT2D eigenvalue weighted by atomic mass is 10.0. The van der Waals surface area contributed by atoms with Crippen molar-refractivity contribution in [1.82, 2.24) is 0 Å². The summed E-state index contributed by atoms with van der Waals surface area (Å²) >= 11 is 0. The van der Waals surface area contributed by atoms with Crippen LogP contribution >= 0.6 is 0 Å². The third-order valence-corrected chi connectivity index (χ3v) is 2.85. The minimum atomic E-state index is 0.716. The zero-order valence-corrected chi connectivity index (χ0v) is 11.6. The molecule has 2 rings (SSSR count). The van der Waals surface area contributed by atoms with Gasteiger partial charge in [-0.3, -0.25) is 4.79 Å². The second-order valence-electron chi connectivity index (χ2n) is 4.06. The van der Waals surface area contributed by atoms with Crippen LogP contribution in [0.2, 0.25) is 0 Å². The van der Waals surface area contributed by atoms with Crippen LogP contribution in [0.15, 0.2) is 48.5 Å². The van der Waals surface area contributed by atoms with Crippen LogP contribution in [0, 0.1) is 0 Å². The maximum absolute atomic E-state index is 10.5. The van der Waals surface area contributed by atoms with Crippen molar-refractivity contribution in [3.05, 3.63) is 65.2 Å². The van der Waals surface area contributed by atoms with Crippen molar-refractivity contribution < 1.29 is 4.79 Å². The minimum absolute atomic E-state index is 0.716. The molecule has 2 heteroatoms. The Morgan fingerprint density at radius 1 is 0.947 bits per heavy atom. The Bertz CT molecular complexity index is 503. The smallest absolute Gasteiger partial charge is 0.150 e. The van der Waals surface area contributed by atoms with Crippen molar-refractivity contribution in [2.45, 2.75) is 26.7 Å². The van der Waals surface area contributed by atoms with Crippen LogP contribution in [0.25, 0.3) is 0 Å². The van der Waals surface area contributed by atoms with Gasteiger partial charge in [-0.25, -0.2) is 0 Å². The molecule has 0 aliphatic rings. The number of anilines is 1. The van der Waals surface area contributed by atoms with Crippen molar-refractivity contribution in [2.75, 3.05) is 5.73 Å². The maximum Gasteiger partial charge on any atom is 0.150 e. The van der Waals surface area contributed by atoms with Gasteiger partial charge in [-0.2, -0.15) is 0 Å². The third-order valence-electron chi connectivity index (χ3n) is 2.85. The highest BCUT2D eigenvalue weighted by Gasteiger charge is 1.99. The topological polar surface area (TPSA) is 43.1 Å². The Morgan fingerprint density at radius 2 is 1.58 bits per heavy atom. The molecule has 19 heavy (non-hydrogen) atoms. The maximum atomic E-state index is 10.5. The third kappa shape index (κ3) is 4.59. The molecule has 0 unspecified atom stereocenters. The lowest BCUT2D eigenvalue weighted by molar-refractivity contribution is 0.112. The van der Waals surface area contributed by atoms with E-state index in [2.05, 4.69) is 6.07 Å². The van der Waals surface area contributed by atoms with Crippen LogP contribution in [0.4, 0.5) is 5.69 Å². The fraction of sp³-hybridized carbons (Fsp3) is 0.235. The first kappa shape index (κ1) is 15.0. The number of hydrogen-bond acceptors (Lipinski definition) is 2. The average Bonchev–Trinajstić information content (AvgIpc) is 2.49. The molecule has 0 aromatic heterocycles. The Morgan fingerprint density at radius 3 is 2.16 bits per heavy atom. The molecule has 0 saturated carbocycles. The monoisotopic (exact) mass is 255 g/mol. The standard InChI is InChI=1S/C15H15NO.C2H6/c16-15-4-2-1-3-14(15)10-9-12-5-7-13(11-17)8-6-12;1-2/h1-8,11H,9-10,16H2;1-2H3. The van der Waals surface area contributed by atoms with E-state index < -0.39 is 0 Å². The SMILES string of the molecule is CC.Nc1ccccc1CCc1ccc(C=O)cc1. The lowest BCUT2D eigenvalue weighted by Crippen LogP contribution is -1.96. The van der Waals surface area contributed by atoms with Crippen molar-refractivity contribution in [3.8, 4) is 0 Å². The Kier molecular flexibility index (Phi) is 6.37. The van der Waals surface area contributed by atoms with Gasteiger partial charge in [-0.15, -0.1) is 0 Å². The van der Waals surface area contributed by atoms with Gasteiger partial charge in [-0.05, 0) is 30.0 Å². The molecule has 0 bridgehead atoms. The first-order chi connectivity index (χ1) is 9.29. The number of carbonyl (C=O) groups excluding carboxylic acids is 1. The highest BCUT2D eigenvalue weighted by Crippen LogP contribution is 2.14. The molecule has 0 heterocycles. The fourth-order valence-electron chi connectivity index (χ4n) is 1.80. The van der Waals surface area contributed by atoms with E-state index in [4.69, 9.17) is 5.73 Å². The number of nitrogens with two attached hydrogens (primary N) is 1. The molecule has 0 amide bonds. The normalized spacial score (nSPS) is 9.37. The van der Waals surface area contributed by atoms with Crippen molar-refractivity contribution in [3.63, 3.8) is 0 Å². The van der Waals surface area contributed by atoms with Crippen LogP contribution in [0.3, 0.4) is 0 Å². The zero-order valence-electron chi connectivity index (χ0n) is 11.6. The molecule has 100 valence electrons. The molecular formula is C17H21NO. The van der Waals surface area contributed by atoms with Gasteiger partial charge in [0.15, 0.2) is 0 Å². The van der Waals surface area contributed by atoms with E-state index >= 15 is 0 Å². The molecule has 0 spiro atoms. The second-order valence-corrected chi connectivity index (χ2v) is 4.06. The number of aldehydes is 1. The van der Waals surface area contributed by atoms with Crippen LogP contribution in [-0.2, 0) is 12.8 Å². The second kappa shape index (κ2) is 8.09. The van der Waals surface area contributed by atoms with E-state index in [1.165, 1.54) is 11.1 Å². The van der Waals surface area contributed by atoms with Crippen molar-refractivity contribution in [2.24, 2.45) is 0 Å². The molecule has 2 nitrogen and oxygen atoms in total. The summed E-state index contributed by atoms with van der Waals surface area (Å²) in [6.45, 7) is 4.00. The summed E-state index contributed by atoms with van der Waals surface area (Å²) in [4.78, 5) is 10.5. The molecule has 2 N–H and O–H groups in total. The van der Waals surface area contributed by atoms with Gasteiger partial charge in [0.1, 0.15) is 6.29 Å². The lowest BCUT2D eigenvalue weighted by Gasteiger charge is -2.05. The van der Waals surface area contributed by atoms with Crippen molar-refractivity contribution >= 4 is 12.0 Å². The van der Waals surface area contributed by atoms with E-state index in [1.807, 2.05) is 56.3 Å². The van der Waals surface area contributed by atoms with Gasteiger partial charge in [-0.1, -0.05) is 56.3 Å². The highest BCUT2D eigenvalue weighted by atomic mass is 16.1. The average molecular weight is 255 g/mol. The predicted molar refractivity (Wildman–Crippen MR) is 81.4 cm³/mol. The van der Waals surface area contributed by atoms with E-state index in [0.29, 0.717) is 5.56 Å². The molecule has 2 aromatic carbocycles. The molecule has 2 aromatic rings. The molecular weight excluding hydrogens is 234 g/mol. The Balaban J connectivity index is 0.000000861. The van der Waals surface area contributed by atoms with Crippen LogP contribution in [0.1, 0.15) is 35.3 Å².